The smallest absolute Gasteiger partial charge is 0.133 e. The second-order valence-corrected chi connectivity index (χ2v) is 5.09. The van der Waals surface area contributed by atoms with E-state index < -0.39 is 0 Å². The monoisotopic (exact) mass is 269 g/mol. The molecule has 82 valence electrons. The fourth-order valence-electron chi connectivity index (χ4n) is 1.41. The lowest BCUT2D eigenvalue weighted by Gasteiger charge is -2.11. The molecule has 0 spiro atoms. The van der Waals surface area contributed by atoms with E-state index in [2.05, 4.69) is 15.9 Å². The van der Waals surface area contributed by atoms with E-state index in [0.29, 0.717) is 0 Å². The number of ether oxygens (including phenoxy) is 1. The Morgan fingerprint density at radius 3 is 2.80 bits per heavy atom. The van der Waals surface area contributed by atoms with Crippen LogP contribution in [0.4, 0.5) is 0 Å². The lowest BCUT2D eigenvalue weighted by molar-refractivity contribution is 0.298. The van der Waals surface area contributed by atoms with Crippen molar-refractivity contribution >= 4 is 15.9 Å². The minimum atomic E-state index is 0.0683. The average Bonchev–Trinajstić information content (AvgIpc) is 2.99. The average molecular weight is 270 g/mol. The van der Waals surface area contributed by atoms with Gasteiger partial charge in [-0.15, -0.1) is 0 Å². The summed E-state index contributed by atoms with van der Waals surface area (Å²) in [5.41, 5.74) is 6.93. The van der Waals surface area contributed by atoms with Gasteiger partial charge in [-0.1, -0.05) is 6.07 Å². The second-order valence-electron chi connectivity index (χ2n) is 4.23. The quantitative estimate of drug-likeness (QED) is 0.911. The second kappa shape index (κ2) is 4.54. The Morgan fingerprint density at radius 2 is 2.27 bits per heavy atom. The normalized spacial score (nSPS) is 17.5. The first-order valence-electron chi connectivity index (χ1n) is 5.34. The van der Waals surface area contributed by atoms with E-state index in [4.69, 9.17) is 10.5 Å². The summed E-state index contributed by atoms with van der Waals surface area (Å²) in [6, 6.07) is 6.12. The van der Waals surface area contributed by atoms with Crippen LogP contribution in [0, 0.1) is 5.92 Å². The van der Waals surface area contributed by atoms with E-state index in [1.54, 1.807) is 0 Å². The summed E-state index contributed by atoms with van der Waals surface area (Å²) in [5.74, 6) is 1.70. The van der Waals surface area contributed by atoms with E-state index in [9.17, 15) is 0 Å². The summed E-state index contributed by atoms with van der Waals surface area (Å²) in [5, 5.41) is 0. The molecule has 3 heteroatoms. The molecule has 0 aliphatic heterocycles. The summed E-state index contributed by atoms with van der Waals surface area (Å²) < 4.78 is 6.71. The van der Waals surface area contributed by atoms with Crippen molar-refractivity contribution in [3.8, 4) is 5.75 Å². The fraction of sp³-hybridized carbons (Fsp3) is 0.500. The molecule has 1 aliphatic carbocycles. The molecule has 1 atom stereocenters. The Bertz CT molecular complexity index is 347. The van der Waals surface area contributed by atoms with Gasteiger partial charge in [0.1, 0.15) is 5.75 Å². The van der Waals surface area contributed by atoms with Gasteiger partial charge in [0.15, 0.2) is 0 Å². The molecule has 0 amide bonds. The van der Waals surface area contributed by atoms with Crippen LogP contribution in [0.5, 0.6) is 5.75 Å². The Labute approximate surface area is 98.9 Å². The van der Waals surface area contributed by atoms with Crippen LogP contribution in [0.15, 0.2) is 22.7 Å². The zero-order chi connectivity index (χ0) is 10.8. The van der Waals surface area contributed by atoms with Gasteiger partial charge in [0, 0.05) is 6.04 Å². The molecule has 2 nitrogen and oxygen atoms in total. The van der Waals surface area contributed by atoms with Crippen LogP contribution in [0.25, 0.3) is 0 Å². The molecule has 2 rings (SSSR count). The predicted octanol–water partition coefficient (Wildman–Crippen LogP) is 3.26. The van der Waals surface area contributed by atoms with Crippen LogP contribution in [0.1, 0.15) is 31.4 Å². The minimum Gasteiger partial charge on any atom is -0.492 e. The summed E-state index contributed by atoms with van der Waals surface area (Å²) in [6.07, 6.45) is 2.63. The van der Waals surface area contributed by atoms with Crippen molar-refractivity contribution < 1.29 is 4.74 Å². The highest BCUT2D eigenvalue weighted by Gasteiger charge is 2.22. The largest absolute Gasteiger partial charge is 0.492 e. The molecule has 1 aromatic rings. The van der Waals surface area contributed by atoms with Gasteiger partial charge in [0.05, 0.1) is 11.1 Å². The molecule has 0 radical (unpaired) electrons. The zero-order valence-electron chi connectivity index (χ0n) is 8.87. The molecule has 2 N–H and O–H groups in total. The number of nitrogens with two attached hydrogens (primary N) is 1. The highest BCUT2D eigenvalue weighted by molar-refractivity contribution is 9.10. The highest BCUT2D eigenvalue weighted by atomic mass is 79.9. The van der Waals surface area contributed by atoms with Gasteiger partial charge in [-0.3, -0.25) is 0 Å². The first-order valence-corrected chi connectivity index (χ1v) is 6.14. The van der Waals surface area contributed by atoms with Crippen molar-refractivity contribution in [2.45, 2.75) is 25.8 Å². The van der Waals surface area contributed by atoms with Gasteiger partial charge in [0.2, 0.25) is 0 Å². The van der Waals surface area contributed by atoms with Crippen LogP contribution >= 0.6 is 15.9 Å². The van der Waals surface area contributed by atoms with Gasteiger partial charge in [-0.25, -0.2) is 0 Å². The molecule has 0 heterocycles. The Hall–Kier alpha value is -0.540. The summed E-state index contributed by atoms with van der Waals surface area (Å²) in [4.78, 5) is 0. The fourth-order valence-corrected chi connectivity index (χ4v) is 1.92. The Morgan fingerprint density at radius 1 is 1.53 bits per heavy atom. The minimum absolute atomic E-state index is 0.0683. The number of hydrogen-bond donors (Lipinski definition) is 1. The molecule has 1 unspecified atom stereocenters. The maximum atomic E-state index is 5.80. The third-order valence-electron chi connectivity index (χ3n) is 2.65. The van der Waals surface area contributed by atoms with Crippen LogP contribution in [0.2, 0.25) is 0 Å². The molecular formula is C12H16BrNO. The molecule has 0 saturated heterocycles. The molecule has 0 bridgehead atoms. The van der Waals surface area contributed by atoms with Crippen LogP contribution in [0.3, 0.4) is 0 Å². The standard InChI is InChI=1S/C12H16BrNO/c1-8(14)10-4-5-12(11(13)6-10)15-7-9-2-3-9/h4-6,8-9H,2-3,7,14H2,1H3. The van der Waals surface area contributed by atoms with Crippen molar-refractivity contribution in [1.82, 2.24) is 0 Å². The lowest BCUT2D eigenvalue weighted by atomic mass is 10.1. The topological polar surface area (TPSA) is 35.2 Å². The SMILES string of the molecule is CC(N)c1ccc(OCC2CC2)c(Br)c1. The maximum absolute atomic E-state index is 5.80. The molecule has 1 saturated carbocycles. The van der Waals surface area contributed by atoms with E-state index in [0.717, 1.165) is 28.3 Å². The number of halogens is 1. The van der Waals surface area contributed by atoms with Crippen LogP contribution < -0.4 is 10.5 Å². The third kappa shape index (κ3) is 2.95. The third-order valence-corrected chi connectivity index (χ3v) is 3.27. The van der Waals surface area contributed by atoms with Crippen molar-refractivity contribution in [3.63, 3.8) is 0 Å². The van der Waals surface area contributed by atoms with E-state index in [-0.39, 0.29) is 6.04 Å². The van der Waals surface area contributed by atoms with E-state index in [1.807, 2.05) is 25.1 Å². The number of benzene rings is 1. The zero-order valence-corrected chi connectivity index (χ0v) is 10.5. The molecule has 15 heavy (non-hydrogen) atoms. The number of hydrogen-bond acceptors (Lipinski definition) is 2. The summed E-state index contributed by atoms with van der Waals surface area (Å²) >= 11 is 3.51. The van der Waals surface area contributed by atoms with E-state index in [1.165, 1.54) is 12.8 Å². The van der Waals surface area contributed by atoms with Crippen molar-refractivity contribution in [1.29, 1.82) is 0 Å². The Balaban J connectivity index is 2.04. The highest BCUT2D eigenvalue weighted by Crippen LogP contribution is 2.32. The van der Waals surface area contributed by atoms with Crippen molar-refractivity contribution in [2.75, 3.05) is 6.61 Å². The van der Waals surface area contributed by atoms with Gasteiger partial charge in [0.25, 0.3) is 0 Å². The van der Waals surface area contributed by atoms with Gasteiger partial charge in [-0.2, -0.15) is 0 Å². The van der Waals surface area contributed by atoms with Crippen LogP contribution in [-0.2, 0) is 0 Å². The van der Waals surface area contributed by atoms with Gasteiger partial charge in [-0.05, 0) is 59.3 Å². The van der Waals surface area contributed by atoms with E-state index >= 15 is 0 Å². The lowest BCUT2D eigenvalue weighted by Crippen LogP contribution is -2.05. The van der Waals surface area contributed by atoms with Gasteiger partial charge < -0.3 is 10.5 Å². The molecule has 1 fully saturated rings. The molecule has 1 aromatic carbocycles. The molecular weight excluding hydrogens is 254 g/mol. The first kappa shape index (κ1) is 11.0. The Kier molecular flexibility index (Phi) is 3.32. The number of rotatable bonds is 4. The maximum Gasteiger partial charge on any atom is 0.133 e. The van der Waals surface area contributed by atoms with Crippen molar-refractivity contribution in [3.05, 3.63) is 28.2 Å². The molecule has 0 aromatic heterocycles. The van der Waals surface area contributed by atoms with Crippen molar-refractivity contribution in [2.24, 2.45) is 11.7 Å². The van der Waals surface area contributed by atoms with Gasteiger partial charge >= 0.3 is 0 Å². The molecule has 1 aliphatic rings. The van der Waals surface area contributed by atoms with Crippen LogP contribution in [-0.4, -0.2) is 6.61 Å². The predicted molar refractivity (Wildman–Crippen MR) is 65.0 cm³/mol. The summed E-state index contributed by atoms with van der Waals surface area (Å²) in [7, 11) is 0. The first-order chi connectivity index (χ1) is 7.16. The summed E-state index contributed by atoms with van der Waals surface area (Å²) in [6.45, 7) is 2.82.